The highest BCUT2D eigenvalue weighted by atomic mass is 79.9. The molecular formula is C25H18BrClN2O6. The lowest BCUT2D eigenvalue weighted by molar-refractivity contribution is -0.384. The molecule has 0 aliphatic carbocycles. The molecule has 1 aliphatic heterocycles. The van der Waals surface area contributed by atoms with Gasteiger partial charge in [0.1, 0.15) is 6.61 Å². The number of rotatable bonds is 8. The second-order valence-electron chi connectivity index (χ2n) is 7.32. The SMILES string of the molecule is CCOc1cc(/C=C2\N=C(c3ccc([N+](=O)[O-])cc3)OC2=O)cc(Cl)c1OCc1cccc(Br)c1. The first-order valence-corrected chi connectivity index (χ1v) is 11.6. The van der Waals surface area contributed by atoms with Gasteiger partial charge in [-0.25, -0.2) is 9.79 Å². The van der Waals surface area contributed by atoms with Crippen LogP contribution >= 0.6 is 27.5 Å². The standard InChI is InChI=1S/C25H18BrClN2O6/c1-2-33-22-13-16(11-20(27)23(22)34-14-15-4-3-5-18(26)10-15)12-21-25(30)35-24(28-21)17-6-8-19(9-7-17)29(31)32/h3-13H,2,14H2,1H3/b21-12-. The molecular weight excluding hydrogens is 540 g/mol. The van der Waals surface area contributed by atoms with Gasteiger partial charge in [-0.05, 0) is 60.5 Å². The van der Waals surface area contributed by atoms with Gasteiger partial charge in [-0.2, -0.15) is 0 Å². The molecule has 0 N–H and O–H groups in total. The van der Waals surface area contributed by atoms with Gasteiger partial charge < -0.3 is 14.2 Å². The third-order valence-corrected chi connectivity index (χ3v) is 5.63. The molecule has 4 rings (SSSR count). The van der Waals surface area contributed by atoms with Crippen LogP contribution < -0.4 is 9.47 Å². The molecule has 0 spiro atoms. The fourth-order valence-corrected chi connectivity index (χ4v) is 3.99. The Balaban J connectivity index is 1.59. The van der Waals surface area contributed by atoms with Gasteiger partial charge in [-0.1, -0.05) is 39.7 Å². The van der Waals surface area contributed by atoms with E-state index in [1.54, 1.807) is 12.1 Å². The number of nitro benzene ring substituents is 1. The number of hydrogen-bond donors (Lipinski definition) is 0. The number of hydrogen-bond acceptors (Lipinski definition) is 7. The molecule has 0 radical (unpaired) electrons. The van der Waals surface area contributed by atoms with E-state index >= 15 is 0 Å². The topological polar surface area (TPSA) is 100 Å². The van der Waals surface area contributed by atoms with E-state index in [0.29, 0.717) is 34.3 Å². The van der Waals surface area contributed by atoms with Gasteiger partial charge in [0.2, 0.25) is 5.90 Å². The molecule has 8 nitrogen and oxygen atoms in total. The van der Waals surface area contributed by atoms with Gasteiger partial charge in [0.25, 0.3) is 5.69 Å². The summed E-state index contributed by atoms with van der Waals surface area (Å²) in [4.78, 5) is 27.0. The zero-order chi connectivity index (χ0) is 24.9. The van der Waals surface area contributed by atoms with Crippen LogP contribution in [0.5, 0.6) is 11.5 Å². The maximum absolute atomic E-state index is 12.4. The summed E-state index contributed by atoms with van der Waals surface area (Å²) in [5.41, 5.74) is 1.94. The molecule has 0 aromatic heterocycles. The molecule has 0 amide bonds. The van der Waals surface area contributed by atoms with E-state index < -0.39 is 10.9 Å². The van der Waals surface area contributed by atoms with E-state index in [1.165, 1.54) is 30.3 Å². The van der Waals surface area contributed by atoms with Crippen LogP contribution in [0.15, 0.2) is 75.8 Å². The Morgan fingerprint density at radius 1 is 1.14 bits per heavy atom. The Kier molecular flexibility index (Phi) is 7.48. The zero-order valence-electron chi connectivity index (χ0n) is 18.4. The lowest BCUT2D eigenvalue weighted by Gasteiger charge is -2.14. The van der Waals surface area contributed by atoms with Crippen molar-refractivity contribution in [3.63, 3.8) is 0 Å². The van der Waals surface area contributed by atoms with E-state index in [-0.39, 0.29) is 23.9 Å². The van der Waals surface area contributed by atoms with Crippen LogP contribution in [-0.4, -0.2) is 23.4 Å². The number of ether oxygens (including phenoxy) is 3. The number of carbonyl (C=O) groups excluding carboxylic acids is 1. The molecule has 3 aromatic rings. The number of cyclic esters (lactones) is 1. The highest BCUT2D eigenvalue weighted by Crippen LogP contribution is 2.38. The maximum atomic E-state index is 12.4. The van der Waals surface area contributed by atoms with Crippen molar-refractivity contribution in [2.75, 3.05) is 6.61 Å². The summed E-state index contributed by atoms with van der Waals surface area (Å²) in [7, 11) is 0. The molecule has 0 bridgehead atoms. The first-order chi connectivity index (χ1) is 16.8. The van der Waals surface area contributed by atoms with Crippen LogP contribution in [0.1, 0.15) is 23.6 Å². The van der Waals surface area contributed by atoms with Crippen molar-refractivity contribution in [1.29, 1.82) is 0 Å². The Labute approximate surface area is 214 Å². The number of halogens is 2. The normalized spacial score (nSPS) is 14.0. The van der Waals surface area contributed by atoms with Gasteiger partial charge in [-0.15, -0.1) is 0 Å². The Morgan fingerprint density at radius 3 is 2.60 bits per heavy atom. The fraction of sp³-hybridized carbons (Fsp3) is 0.120. The smallest absolute Gasteiger partial charge is 0.363 e. The van der Waals surface area contributed by atoms with Gasteiger partial charge >= 0.3 is 5.97 Å². The van der Waals surface area contributed by atoms with Crippen LogP contribution in [0.3, 0.4) is 0 Å². The summed E-state index contributed by atoms with van der Waals surface area (Å²) in [6.45, 7) is 2.51. The lowest BCUT2D eigenvalue weighted by Crippen LogP contribution is -2.05. The van der Waals surface area contributed by atoms with Crippen LogP contribution in [-0.2, 0) is 16.1 Å². The number of nitro groups is 1. The first-order valence-electron chi connectivity index (χ1n) is 10.4. The second-order valence-corrected chi connectivity index (χ2v) is 8.64. The van der Waals surface area contributed by atoms with Gasteiger partial charge in [0, 0.05) is 22.2 Å². The summed E-state index contributed by atoms with van der Waals surface area (Å²) in [6, 6.07) is 16.6. The average molecular weight is 558 g/mol. The third-order valence-electron chi connectivity index (χ3n) is 4.85. The Hall–Kier alpha value is -3.69. The summed E-state index contributed by atoms with van der Waals surface area (Å²) in [5.74, 6) is 0.219. The summed E-state index contributed by atoms with van der Waals surface area (Å²) in [6.07, 6.45) is 1.52. The van der Waals surface area contributed by atoms with Crippen molar-refractivity contribution in [3.05, 3.63) is 103 Å². The highest BCUT2D eigenvalue weighted by molar-refractivity contribution is 9.10. The van der Waals surface area contributed by atoms with Crippen molar-refractivity contribution in [1.82, 2.24) is 0 Å². The summed E-state index contributed by atoms with van der Waals surface area (Å²) in [5, 5.41) is 11.2. The summed E-state index contributed by atoms with van der Waals surface area (Å²) < 4.78 is 17.9. The maximum Gasteiger partial charge on any atom is 0.363 e. The number of non-ortho nitro benzene ring substituents is 1. The predicted molar refractivity (Wildman–Crippen MR) is 135 cm³/mol. The van der Waals surface area contributed by atoms with Gasteiger partial charge in [-0.3, -0.25) is 10.1 Å². The number of aliphatic imine (C=N–C) groups is 1. The molecule has 0 saturated heterocycles. The van der Waals surface area contributed by atoms with Crippen molar-refractivity contribution >= 4 is 51.2 Å². The minimum absolute atomic E-state index is 0.0553. The van der Waals surface area contributed by atoms with Crippen LogP contribution in [0.4, 0.5) is 5.69 Å². The van der Waals surface area contributed by atoms with Crippen molar-refractivity contribution in [2.24, 2.45) is 4.99 Å². The van der Waals surface area contributed by atoms with E-state index in [9.17, 15) is 14.9 Å². The average Bonchev–Trinajstić information content (AvgIpc) is 3.19. The quantitative estimate of drug-likeness (QED) is 0.139. The highest BCUT2D eigenvalue weighted by Gasteiger charge is 2.25. The summed E-state index contributed by atoms with van der Waals surface area (Å²) >= 11 is 9.94. The van der Waals surface area contributed by atoms with E-state index in [1.807, 2.05) is 31.2 Å². The van der Waals surface area contributed by atoms with Crippen molar-refractivity contribution in [3.8, 4) is 11.5 Å². The molecule has 0 unspecified atom stereocenters. The number of nitrogens with zero attached hydrogens (tertiary/aromatic N) is 2. The van der Waals surface area contributed by atoms with E-state index in [4.69, 9.17) is 25.8 Å². The van der Waals surface area contributed by atoms with Crippen molar-refractivity contribution < 1.29 is 23.9 Å². The fourth-order valence-electron chi connectivity index (χ4n) is 3.27. The Morgan fingerprint density at radius 2 is 1.91 bits per heavy atom. The first kappa shape index (κ1) is 24.4. The minimum Gasteiger partial charge on any atom is -0.490 e. The van der Waals surface area contributed by atoms with E-state index in [0.717, 1.165) is 10.0 Å². The monoisotopic (exact) mass is 556 g/mol. The van der Waals surface area contributed by atoms with E-state index in [2.05, 4.69) is 20.9 Å². The number of benzene rings is 3. The lowest BCUT2D eigenvalue weighted by atomic mass is 10.1. The Bertz CT molecular complexity index is 1350. The van der Waals surface area contributed by atoms with Crippen LogP contribution in [0.2, 0.25) is 5.02 Å². The molecule has 0 saturated carbocycles. The minimum atomic E-state index is -0.651. The molecule has 178 valence electrons. The number of esters is 1. The molecule has 1 aliphatic rings. The molecule has 1 heterocycles. The van der Waals surface area contributed by atoms with Gasteiger partial charge in [0.15, 0.2) is 17.2 Å². The zero-order valence-corrected chi connectivity index (χ0v) is 20.7. The third kappa shape index (κ3) is 5.87. The largest absolute Gasteiger partial charge is 0.490 e. The molecule has 0 atom stereocenters. The van der Waals surface area contributed by atoms with Gasteiger partial charge in [0.05, 0.1) is 16.6 Å². The molecule has 35 heavy (non-hydrogen) atoms. The molecule has 3 aromatic carbocycles. The molecule has 10 heteroatoms. The second kappa shape index (κ2) is 10.7. The van der Waals surface area contributed by atoms with Crippen LogP contribution in [0.25, 0.3) is 6.08 Å². The number of carbonyl (C=O) groups is 1. The molecule has 0 fully saturated rings. The van der Waals surface area contributed by atoms with Crippen LogP contribution in [0, 0.1) is 10.1 Å². The predicted octanol–water partition coefficient (Wildman–Crippen LogP) is 6.33. The van der Waals surface area contributed by atoms with Crippen molar-refractivity contribution in [2.45, 2.75) is 13.5 Å².